The first-order chi connectivity index (χ1) is 14.8. The standard InChI is InChI=1S/C23H29N3O4S/c1-3-25(4-2)23(28)19-10-12-20(13-11-19)24-22(27)21(18-8-6-5-7-9-18)26-14-16-31(29,30)17-15-26/h5-13,21H,3-4,14-17H2,1-2H3,(H,24,27). The van der Waals surface area contributed by atoms with E-state index in [1.807, 2.05) is 49.1 Å². The number of hydrogen-bond acceptors (Lipinski definition) is 5. The number of carbonyl (C=O) groups excluding carboxylic acids is 2. The van der Waals surface area contributed by atoms with E-state index in [2.05, 4.69) is 5.32 Å². The van der Waals surface area contributed by atoms with Gasteiger partial charge in [-0.3, -0.25) is 14.5 Å². The molecule has 1 saturated heterocycles. The van der Waals surface area contributed by atoms with Gasteiger partial charge in [-0.25, -0.2) is 8.42 Å². The number of sulfone groups is 1. The molecule has 1 fully saturated rings. The van der Waals surface area contributed by atoms with Gasteiger partial charge in [0.05, 0.1) is 11.5 Å². The number of benzene rings is 2. The van der Waals surface area contributed by atoms with Crippen molar-refractivity contribution in [2.45, 2.75) is 19.9 Å². The third kappa shape index (κ3) is 5.71. The lowest BCUT2D eigenvalue weighted by atomic mass is 10.0. The third-order valence-electron chi connectivity index (χ3n) is 5.56. The molecule has 7 nitrogen and oxygen atoms in total. The molecule has 1 heterocycles. The fraction of sp³-hybridized carbons (Fsp3) is 0.391. The molecule has 2 aromatic rings. The zero-order valence-electron chi connectivity index (χ0n) is 18.0. The van der Waals surface area contributed by atoms with Crippen molar-refractivity contribution < 1.29 is 18.0 Å². The van der Waals surface area contributed by atoms with Gasteiger partial charge in [0.1, 0.15) is 6.04 Å². The summed E-state index contributed by atoms with van der Waals surface area (Å²) in [5, 5.41) is 2.93. The summed E-state index contributed by atoms with van der Waals surface area (Å²) in [6.45, 7) is 5.77. The molecule has 0 aromatic heterocycles. The van der Waals surface area contributed by atoms with Crippen molar-refractivity contribution in [1.29, 1.82) is 0 Å². The van der Waals surface area contributed by atoms with E-state index in [0.717, 1.165) is 5.56 Å². The topological polar surface area (TPSA) is 86.8 Å². The SMILES string of the molecule is CCN(CC)C(=O)c1ccc(NC(=O)C(c2ccccc2)N2CCS(=O)(=O)CC2)cc1. The van der Waals surface area contributed by atoms with Gasteiger partial charge in [0.25, 0.3) is 5.91 Å². The molecule has 1 aliphatic heterocycles. The molecule has 31 heavy (non-hydrogen) atoms. The van der Waals surface area contributed by atoms with Crippen LogP contribution in [0.5, 0.6) is 0 Å². The molecule has 0 bridgehead atoms. The molecule has 8 heteroatoms. The first kappa shape index (κ1) is 23.0. The van der Waals surface area contributed by atoms with Gasteiger partial charge in [0.15, 0.2) is 9.84 Å². The zero-order chi connectivity index (χ0) is 22.4. The maximum absolute atomic E-state index is 13.2. The third-order valence-corrected chi connectivity index (χ3v) is 7.17. The number of hydrogen-bond donors (Lipinski definition) is 1. The Hall–Kier alpha value is -2.71. The molecule has 1 aliphatic rings. The quantitative estimate of drug-likeness (QED) is 0.711. The monoisotopic (exact) mass is 443 g/mol. The lowest BCUT2D eigenvalue weighted by molar-refractivity contribution is -0.121. The highest BCUT2D eigenvalue weighted by atomic mass is 32.2. The number of nitrogens with one attached hydrogen (secondary N) is 1. The molecular formula is C23H29N3O4S. The van der Waals surface area contributed by atoms with Crippen LogP contribution in [0.15, 0.2) is 54.6 Å². The van der Waals surface area contributed by atoms with Gasteiger partial charge < -0.3 is 10.2 Å². The average molecular weight is 444 g/mol. The van der Waals surface area contributed by atoms with Crippen molar-refractivity contribution in [1.82, 2.24) is 9.80 Å². The fourth-order valence-electron chi connectivity index (χ4n) is 3.75. The molecule has 1 unspecified atom stereocenters. The Morgan fingerprint density at radius 3 is 2.10 bits per heavy atom. The van der Waals surface area contributed by atoms with Crippen LogP contribution in [0.4, 0.5) is 5.69 Å². The lowest BCUT2D eigenvalue weighted by Crippen LogP contribution is -2.46. The Labute approximate surface area is 184 Å². The summed E-state index contributed by atoms with van der Waals surface area (Å²) in [4.78, 5) is 29.3. The molecule has 0 saturated carbocycles. The molecule has 2 amide bonds. The number of rotatable bonds is 7. The smallest absolute Gasteiger partial charge is 0.253 e. The molecule has 0 aliphatic carbocycles. The van der Waals surface area contributed by atoms with Crippen LogP contribution in [0.2, 0.25) is 0 Å². The maximum atomic E-state index is 13.2. The van der Waals surface area contributed by atoms with Crippen LogP contribution in [-0.2, 0) is 14.6 Å². The predicted molar refractivity (Wildman–Crippen MR) is 122 cm³/mol. The first-order valence-electron chi connectivity index (χ1n) is 10.5. The van der Waals surface area contributed by atoms with Gasteiger partial charge in [0, 0.05) is 37.4 Å². The summed E-state index contributed by atoms with van der Waals surface area (Å²) in [6, 6.07) is 15.6. The van der Waals surface area contributed by atoms with E-state index >= 15 is 0 Å². The Balaban J connectivity index is 1.77. The van der Waals surface area contributed by atoms with E-state index in [0.29, 0.717) is 37.4 Å². The maximum Gasteiger partial charge on any atom is 0.253 e. The Morgan fingerprint density at radius 1 is 0.968 bits per heavy atom. The Bertz CT molecular complexity index is 989. The van der Waals surface area contributed by atoms with E-state index in [4.69, 9.17) is 0 Å². The van der Waals surface area contributed by atoms with Gasteiger partial charge in [0.2, 0.25) is 5.91 Å². The molecule has 3 rings (SSSR count). The van der Waals surface area contributed by atoms with Crippen LogP contribution in [0.25, 0.3) is 0 Å². The van der Waals surface area contributed by atoms with Crippen LogP contribution >= 0.6 is 0 Å². The molecule has 1 N–H and O–H groups in total. The summed E-state index contributed by atoms with van der Waals surface area (Å²) in [5.41, 5.74) is 1.97. The summed E-state index contributed by atoms with van der Waals surface area (Å²) in [7, 11) is -3.05. The molecule has 0 spiro atoms. The molecule has 0 radical (unpaired) electrons. The molecular weight excluding hydrogens is 414 g/mol. The summed E-state index contributed by atoms with van der Waals surface area (Å²) >= 11 is 0. The van der Waals surface area contributed by atoms with Crippen molar-refractivity contribution >= 4 is 27.3 Å². The molecule has 1 atom stereocenters. The Kier molecular flexibility index (Phi) is 7.46. The normalized spacial score (nSPS) is 17.0. The van der Waals surface area contributed by atoms with Crippen LogP contribution in [0.3, 0.4) is 0 Å². The van der Waals surface area contributed by atoms with E-state index in [1.165, 1.54) is 0 Å². The second-order valence-electron chi connectivity index (χ2n) is 7.55. The largest absolute Gasteiger partial charge is 0.339 e. The minimum absolute atomic E-state index is 0.0421. The van der Waals surface area contributed by atoms with Crippen molar-refractivity contribution in [3.63, 3.8) is 0 Å². The number of anilines is 1. The molecule has 166 valence electrons. The number of carbonyl (C=O) groups is 2. The minimum Gasteiger partial charge on any atom is -0.339 e. The minimum atomic E-state index is -3.05. The van der Waals surface area contributed by atoms with Gasteiger partial charge in [-0.05, 0) is 43.7 Å². The van der Waals surface area contributed by atoms with E-state index in [-0.39, 0.29) is 23.3 Å². The van der Waals surface area contributed by atoms with Gasteiger partial charge in [-0.1, -0.05) is 30.3 Å². The van der Waals surface area contributed by atoms with E-state index in [9.17, 15) is 18.0 Å². The second-order valence-corrected chi connectivity index (χ2v) is 9.85. The lowest BCUT2D eigenvalue weighted by Gasteiger charge is -2.33. The van der Waals surface area contributed by atoms with Crippen LogP contribution in [0.1, 0.15) is 35.8 Å². The van der Waals surface area contributed by atoms with Crippen molar-refractivity contribution in [2.75, 3.05) is 43.0 Å². The summed E-state index contributed by atoms with van der Waals surface area (Å²) in [5.74, 6) is -0.176. The number of amides is 2. The highest BCUT2D eigenvalue weighted by Crippen LogP contribution is 2.25. The van der Waals surface area contributed by atoms with Gasteiger partial charge in [-0.2, -0.15) is 0 Å². The van der Waals surface area contributed by atoms with Crippen molar-refractivity contribution in [3.05, 3.63) is 65.7 Å². The summed E-state index contributed by atoms with van der Waals surface area (Å²) in [6.07, 6.45) is 0. The van der Waals surface area contributed by atoms with Gasteiger partial charge >= 0.3 is 0 Å². The van der Waals surface area contributed by atoms with Crippen LogP contribution in [-0.4, -0.2) is 67.7 Å². The highest BCUT2D eigenvalue weighted by Gasteiger charge is 2.32. The Morgan fingerprint density at radius 2 is 1.55 bits per heavy atom. The zero-order valence-corrected chi connectivity index (χ0v) is 18.8. The number of nitrogens with zero attached hydrogens (tertiary/aromatic N) is 2. The van der Waals surface area contributed by atoms with E-state index < -0.39 is 15.9 Å². The summed E-state index contributed by atoms with van der Waals surface area (Å²) < 4.78 is 23.7. The highest BCUT2D eigenvalue weighted by molar-refractivity contribution is 7.91. The van der Waals surface area contributed by atoms with Crippen LogP contribution in [0, 0.1) is 0 Å². The van der Waals surface area contributed by atoms with E-state index in [1.54, 1.807) is 29.2 Å². The average Bonchev–Trinajstić information content (AvgIpc) is 2.77. The fourth-order valence-corrected chi connectivity index (χ4v) is 4.98. The predicted octanol–water partition coefficient (Wildman–Crippen LogP) is 2.58. The molecule has 2 aromatic carbocycles. The first-order valence-corrected chi connectivity index (χ1v) is 12.4. The van der Waals surface area contributed by atoms with Gasteiger partial charge in [-0.15, -0.1) is 0 Å². The van der Waals surface area contributed by atoms with Crippen molar-refractivity contribution in [3.8, 4) is 0 Å². The second kappa shape index (κ2) is 10.1. The van der Waals surface area contributed by atoms with Crippen LogP contribution < -0.4 is 5.32 Å². The van der Waals surface area contributed by atoms with Crippen molar-refractivity contribution in [2.24, 2.45) is 0 Å².